The zero-order chi connectivity index (χ0) is 29.3. The first kappa shape index (κ1) is 28.1. The third-order valence-electron chi connectivity index (χ3n) is 6.13. The van der Waals surface area contributed by atoms with Crippen LogP contribution in [-0.4, -0.2) is 16.7 Å². The second-order valence-electron chi connectivity index (χ2n) is 9.12. The van der Waals surface area contributed by atoms with E-state index >= 15 is 0 Å². The molecule has 8 nitrogen and oxygen atoms in total. The number of hydrogen-bond acceptors (Lipinski definition) is 6. The van der Waals surface area contributed by atoms with Crippen LogP contribution in [0.25, 0.3) is 0 Å². The number of amides is 2. The predicted octanol–water partition coefficient (Wildman–Crippen LogP) is 8.11. The Balaban J connectivity index is 1.26. The summed E-state index contributed by atoms with van der Waals surface area (Å²) in [5.41, 5.74) is 2.03. The first-order valence-corrected chi connectivity index (χ1v) is 13.8. The van der Waals surface area contributed by atoms with Gasteiger partial charge in [-0.25, -0.2) is 0 Å². The SMILES string of the molecule is O=C(Nc1ccc(SC(C(=O)Nc2ccc(Oc3ccccc3)cc2)c2ccccc2)cc1)c1cccc([N+](=O)[O-])c1. The number of carbonyl (C=O) groups excluding carboxylic acids is 2. The molecule has 0 aliphatic rings. The summed E-state index contributed by atoms with van der Waals surface area (Å²) >= 11 is 1.38. The van der Waals surface area contributed by atoms with Crippen molar-refractivity contribution >= 4 is 40.6 Å². The molecule has 0 radical (unpaired) electrons. The van der Waals surface area contributed by atoms with E-state index in [1.165, 1.54) is 36.0 Å². The Kier molecular flexibility index (Phi) is 8.91. The molecule has 5 aromatic rings. The van der Waals surface area contributed by atoms with Gasteiger partial charge in [0.1, 0.15) is 16.7 Å². The molecule has 5 rings (SSSR count). The van der Waals surface area contributed by atoms with Crippen LogP contribution in [0, 0.1) is 10.1 Å². The molecule has 2 amide bonds. The number of nitrogens with one attached hydrogen (secondary N) is 2. The summed E-state index contributed by atoms with van der Waals surface area (Å²) in [6, 6.07) is 38.7. The van der Waals surface area contributed by atoms with Gasteiger partial charge in [0.15, 0.2) is 0 Å². The minimum atomic E-state index is -0.545. The van der Waals surface area contributed by atoms with Crippen LogP contribution >= 0.6 is 11.8 Å². The van der Waals surface area contributed by atoms with Gasteiger partial charge >= 0.3 is 0 Å². The molecule has 0 aliphatic heterocycles. The van der Waals surface area contributed by atoms with E-state index in [1.807, 2.05) is 72.8 Å². The summed E-state index contributed by atoms with van der Waals surface area (Å²) in [7, 11) is 0. The molecular formula is C33H25N3O5S. The van der Waals surface area contributed by atoms with Gasteiger partial charge in [-0.15, -0.1) is 11.8 Å². The zero-order valence-corrected chi connectivity index (χ0v) is 23.0. The lowest BCUT2D eigenvalue weighted by Crippen LogP contribution is -2.19. The molecule has 5 aromatic carbocycles. The number of benzene rings is 5. The second-order valence-corrected chi connectivity index (χ2v) is 10.3. The summed E-state index contributed by atoms with van der Waals surface area (Å²) in [4.78, 5) is 37.4. The molecule has 2 N–H and O–H groups in total. The quantitative estimate of drug-likeness (QED) is 0.0989. The molecule has 0 heterocycles. The summed E-state index contributed by atoms with van der Waals surface area (Å²) < 4.78 is 5.84. The van der Waals surface area contributed by atoms with E-state index in [-0.39, 0.29) is 17.2 Å². The van der Waals surface area contributed by atoms with Gasteiger partial charge < -0.3 is 15.4 Å². The summed E-state index contributed by atoms with van der Waals surface area (Å²) in [6.07, 6.45) is 0. The zero-order valence-electron chi connectivity index (χ0n) is 22.2. The Morgan fingerprint density at radius 2 is 1.29 bits per heavy atom. The Bertz CT molecular complexity index is 1680. The maximum atomic E-state index is 13.5. The molecule has 0 fully saturated rings. The van der Waals surface area contributed by atoms with Crippen LogP contribution in [0.1, 0.15) is 21.2 Å². The Morgan fingerprint density at radius 3 is 1.95 bits per heavy atom. The lowest BCUT2D eigenvalue weighted by molar-refractivity contribution is -0.384. The van der Waals surface area contributed by atoms with Crippen molar-refractivity contribution in [3.8, 4) is 11.5 Å². The van der Waals surface area contributed by atoms with Crippen molar-refractivity contribution in [2.75, 3.05) is 10.6 Å². The van der Waals surface area contributed by atoms with Gasteiger partial charge in [-0.2, -0.15) is 0 Å². The van der Waals surface area contributed by atoms with Gasteiger partial charge in [0.05, 0.1) is 4.92 Å². The van der Waals surface area contributed by atoms with E-state index < -0.39 is 16.1 Å². The molecule has 0 spiro atoms. The number of anilines is 2. The highest BCUT2D eigenvalue weighted by molar-refractivity contribution is 8.00. The van der Waals surface area contributed by atoms with Crippen molar-refractivity contribution in [1.82, 2.24) is 0 Å². The molecule has 0 aromatic heterocycles. The predicted molar refractivity (Wildman–Crippen MR) is 164 cm³/mol. The van der Waals surface area contributed by atoms with Crippen LogP contribution in [0.3, 0.4) is 0 Å². The van der Waals surface area contributed by atoms with Crippen molar-refractivity contribution in [1.29, 1.82) is 0 Å². The largest absolute Gasteiger partial charge is 0.457 e. The number of rotatable bonds is 10. The van der Waals surface area contributed by atoms with Crippen molar-refractivity contribution in [3.05, 3.63) is 155 Å². The Hall–Kier alpha value is -5.41. The third kappa shape index (κ3) is 7.41. The summed E-state index contributed by atoms with van der Waals surface area (Å²) in [6.45, 7) is 0. The van der Waals surface area contributed by atoms with Crippen LogP contribution in [0.4, 0.5) is 17.1 Å². The number of carbonyl (C=O) groups is 2. The first-order valence-electron chi connectivity index (χ1n) is 13.0. The molecule has 0 bridgehead atoms. The van der Waals surface area contributed by atoms with Crippen molar-refractivity contribution < 1.29 is 19.2 Å². The van der Waals surface area contributed by atoms with Crippen molar-refractivity contribution in [2.24, 2.45) is 0 Å². The molecule has 208 valence electrons. The highest BCUT2D eigenvalue weighted by Crippen LogP contribution is 2.37. The lowest BCUT2D eigenvalue weighted by Gasteiger charge is -2.18. The smallest absolute Gasteiger partial charge is 0.270 e. The van der Waals surface area contributed by atoms with E-state index in [9.17, 15) is 19.7 Å². The van der Waals surface area contributed by atoms with Crippen molar-refractivity contribution in [2.45, 2.75) is 10.1 Å². The molecule has 1 unspecified atom stereocenters. The topological polar surface area (TPSA) is 111 Å². The highest BCUT2D eigenvalue weighted by Gasteiger charge is 2.22. The van der Waals surface area contributed by atoms with Crippen LogP contribution in [0.2, 0.25) is 0 Å². The first-order chi connectivity index (χ1) is 20.4. The maximum Gasteiger partial charge on any atom is 0.270 e. The van der Waals surface area contributed by atoms with E-state index in [1.54, 1.807) is 36.4 Å². The van der Waals surface area contributed by atoms with Crippen LogP contribution in [0.15, 0.2) is 138 Å². The summed E-state index contributed by atoms with van der Waals surface area (Å²) in [5.74, 6) is 0.738. The molecule has 42 heavy (non-hydrogen) atoms. The number of ether oxygens (including phenoxy) is 1. The fraction of sp³-hybridized carbons (Fsp3) is 0.0303. The standard InChI is InChI=1S/C33H25N3O5S/c37-32(24-10-7-11-27(22-24)36(39)40)34-26-16-20-30(21-17-26)42-31(23-8-3-1-4-9-23)33(38)35-25-14-18-29(19-15-25)41-28-12-5-2-6-13-28/h1-22,31H,(H,34,37)(H,35,38). The number of nitro groups is 1. The van der Waals surface area contributed by atoms with E-state index in [0.717, 1.165) is 16.2 Å². The molecule has 9 heteroatoms. The number of non-ortho nitro benzene ring substituents is 1. The maximum absolute atomic E-state index is 13.5. The molecular weight excluding hydrogens is 550 g/mol. The molecule has 0 saturated heterocycles. The van der Waals surface area contributed by atoms with Gasteiger partial charge in [0.25, 0.3) is 11.6 Å². The average Bonchev–Trinajstić information content (AvgIpc) is 3.02. The van der Waals surface area contributed by atoms with Crippen LogP contribution in [0.5, 0.6) is 11.5 Å². The van der Waals surface area contributed by atoms with Crippen molar-refractivity contribution in [3.63, 3.8) is 0 Å². The van der Waals surface area contributed by atoms with E-state index in [4.69, 9.17) is 4.74 Å². The van der Waals surface area contributed by atoms with Crippen LogP contribution in [-0.2, 0) is 4.79 Å². The minimum Gasteiger partial charge on any atom is -0.457 e. The lowest BCUT2D eigenvalue weighted by atomic mass is 10.1. The molecule has 0 saturated carbocycles. The number of hydrogen-bond donors (Lipinski definition) is 2. The highest BCUT2D eigenvalue weighted by atomic mass is 32.2. The number of nitro benzene ring substituents is 1. The summed E-state index contributed by atoms with van der Waals surface area (Å²) in [5, 5.41) is 16.2. The van der Waals surface area contributed by atoms with E-state index in [2.05, 4.69) is 10.6 Å². The van der Waals surface area contributed by atoms with Gasteiger partial charge in [0.2, 0.25) is 5.91 Å². The van der Waals surface area contributed by atoms with Gasteiger partial charge in [-0.1, -0.05) is 54.6 Å². The third-order valence-corrected chi connectivity index (χ3v) is 7.39. The fourth-order valence-electron chi connectivity index (χ4n) is 4.06. The van der Waals surface area contributed by atoms with Crippen LogP contribution < -0.4 is 15.4 Å². The number of thioether (sulfide) groups is 1. The average molecular weight is 576 g/mol. The monoisotopic (exact) mass is 575 g/mol. The normalized spacial score (nSPS) is 11.2. The minimum absolute atomic E-state index is 0.156. The van der Waals surface area contributed by atoms with Gasteiger partial charge in [0, 0.05) is 34.0 Å². The number of nitrogens with zero attached hydrogens (tertiary/aromatic N) is 1. The fourth-order valence-corrected chi connectivity index (χ4v) is 5.08. The second kappa shape index (κ2) is 13.3. The van der Waals surface area contributed by atoms with E-state index in [0.29, 0.717) is 17.1 Å². The Labute approximate surface area is 246 Å². The van der Waals surface area contributed by atoms with Gasteiger partial charge in [-0.3, -0.25) is 19.7 Å². The molecule has 0 aliphatic carbocycles. The van der Waals surface area contributed by atoms with Gasteiger partial charge in [-0.05, 0) is 72.3 Å². The Morgan fingerprint density at radius 1 is 0.690 bits per heavy atom. The molecule has 1 atom stereocenters. The number of para-hydroxylation sites is 1.